The van der Waals surface area contributed by atoms with Gasteiger partial charge in [-0.15, -0.1) is 10.2 Å². The first-order chi connectivity index (χ1) is 15.9. The molecule has 4 heterocycles. The third-order valence-electron chi connectivity index (χ3n) is 5.70. The van der Waals surface area contributed by atoms with Gasteiger partial charge in [-0.2, -0.15) is 0 Å². The largest absolute Gasteiger partial charge is 0.467 e. The van der Waals surface area contributed by atoms with E-state index < -0.39 is 0 Å². The molecule has 168 valence electrons. The molecule has 5 aromatic rings. The van der Waals surface area contributed by atoms with Crippen LogP contribution in [0.3, 0.4) is 0 Å². The highest BCUT2D eigenvalue weighted by molar-refractivity contribution is 7.98. The van der Waals surface area contributed by atoms with Gasteiger partial charge in [-0.25, -0.2) is 4.98 Å². The Labute approximate surface area is 197 Å². The van der Waals surface area contributed by atoms with Gasteiger partial charge in [0.15, 0.2) is 11.0 Å². The van der Waals surface area contributed by atoms with Crippen molar-refractivity contribution in [2.45, 2.75) is 50.6 Å². The number of hydrogen-bond acceptors (Lipinski definition) is 5. The molecule has 0 unspecified atom stereocenters. The number of benzene rings is 1. The Bertz CT molecular complexity index is 1370. The van der Waals surface area contributed by atoms with Gasteiger partial charge >= 0.3 is 0 Å². The zero-order valence-corrected chi connectivity index (χ0v) is 20.1. The number of pyridine rings is 1. The van der Waals surface area contributed by atoms with Crippen LogP contribution >= 0.6 is 11.8 Å². The minimum absolute atomic E-state index is 0.105. The quantitative estimate of drug-likeness (QED) is 0.287. The predicted octanol–water partition coefficient (Wildman–Crippen LogP) is 6.13. The first-order valence-electron chi connectivity index (χ1n) is 11.0. The van der Waals surface area contributed by atoms with Crippen molar-refractivity contribution in [3.8, 4) is 11.4 Å². The molecule has 0 amide bonds. The number of rotatable bonds is 6. The summed E-state index contributed by atoms with van der Waals surface area (Å²) in [5, 5.41) is 9.93. The van der Waals surface area contributed by atoms with Gasteiger partial charge in [-0.05, 0) is 41.7 Å². The summed E-state index contributed by atoms with van der Waals surface area (Å²) in [5.74, 6) is 2.41. The Morgan fingerprint density at radius 2 is 1.82 bits per heavy atom. The number of imidazole rings is 1. The lowest BCUT2D eigenvalue weighted by Gasteiger charge is -2.19. The molecular weight excluding hydrogens is 430 g/mol. The van der Waals surface area contributed by atoms with E-state index in [1.54, 1.807) is 18.0 Å². The predicted molar refractivity (Wildman–Crippen MR) is 131 cm³/mol. The number of fused-ring (bicyclic) bond motifs is 1. The molecular formula is C26H27N5OS. The maximum absolute atomic E-state index is 5.63. The van der Waals surface area contributed by atoms with Crippen LogP contribution in [0.5, 0.6) is 0 Å². The Balaban J connectivity index is 1.45. The second-order valence-corrected chi connectivity index (χ2v) is 10.2. The number of hydrogen-bond donors (Lipinski definition) is 0. The highest BCUT2D eigenvalue weighted by Gasteiger charge is 2.18. The molecule has 33 heavy (non-hydrogen) atoms. The Kier molecular flexibility index (Phi) is 5.58. The lowest BCUT2D eigenvalue weighted by atomic mass is 9.87. The Morgan fingerprint density at radius 1 is 1.00 bits per heavy atom. The molecule has 0 aliphatic rings. The first-order valence-corrected chi connectivity index (χ1v) is 12.0. The van der Waals surface area contributed by atoms with Crippen LogP contribution < -0.4 is 0 Å². The zero-order valence-electron chi connectivity index (χ0n) is 19.3. The molecule has 0 fully saturated rings. The maximum atomic E-state index is 5.63. The molecule has 0 aliphatic heterocycles. The van der Waals surface area contributed by atoms with Crippen LogP contribution in [0.4, 0.5) is 0 Å². The Morgan fingerprint density at radius 3 is 2.52 bits per heavy atom. The minimum atomic E-state index is 0.105. The van der Waals surface area contributed by atoms with Crippen molar-refractivity contribution in [1.82, 2.24) is 24.1 Å². The Hall–Kier alpha value is -3.32. The van der Waals surface area contributed by atoms with Gasteiger partial charge in [0.1, 0.15) is 11.4 Å². The second kappa shape index (κ2) is 8.56. The highest BCUT2D eigenvalue weighted by Crippen LogP contribution is 2.29. The number of nitrogens with zero attached hydrogens (tertiary/aromatic N) is 5. The molecule has 0 saturated carbocycles. The summed E-state index contributed by atoms with van der Waals surface area (Å²) in [6.45, 7) is 9.31. The molecule has 0 atom stereocenters. The third kappa shape index (κ3) is 4.46. The normalized spacial score (nSPS) is 12.0. The van der Waals surface area contributed by atoms with Crippen molar-refractivity contribution in [3.63, 3.8) is 0 Å². The molecule has 0 spiro atoms. The smallest absolute Gasteiger partial charge is 0.192 e. The third-order valence-corrected chi connectivity index (χ3v) is 6.70. The zero-order chi connectivity index (χ0) is 23.0. The number of aromatic nitrogens is 5. The van der Waals surface area contributed by atoms with Gasteiger partial charge in [0.2, 0.25) is 0 Å². The van der Waals surface area contributed by atoms with E-state index in [-0.39, 0.29) is 5.41 Å². The fraction of sp³-hybridized carbons (Fsp3) is 0.269. The molecule has 0 bridgehead atoms. The number of aryl methyl sites for hydroxylation is 1. The topological polar surface area (TPSA) is 61.2 Å². The van der Waals surface area contributed by atoms with Crippen LogP contribution in [0.2, 0.25) is 0 Å². The molecule has 0 N–H and O–H groups in total. The van der Waals surface area contributed by atoms with Gasteiger partial charge in [-0.3, -0.25) is 4.57 Å². The standard InChI is InChI=1S/C26H27N5OS/c1-18-7-5-13-30-15-21(27-23(18)30)17-33-25-29-28-24(31(25)16-22-8-6-14-32-22)19-9-11-20(12-10-19)26(2,3)4/h5-15H,16-17H2,1-4H3. The molecule has 1 aromatic carbocycles. The average molecular weight is 458 g/mol. The molecule has 0 saturated heterocycles. The lowest BCUT2D eigenvalue weighted by Crippen LogP contribution is -2.10. The molecule has 0 aliphatic carbocycles. The van der Waals surface area contributed by atoms with Crippen molar-refractivity contribution in [3.05, 3.63) is 89.8 Å². The average Bonchev–Trinajstić information content (AvgIpc) is 3.53. The van der Waals surface area contributed by atoms with E-state index in [0.717, 1.165) is 39.2 Å². The van der Waals surface area contributed by atoms with E-state index in [1.165, 1.54) is 5.56 Å². The maximum Gasteiger partial charge on any atom is 0.192 e. The molecule has 0 radical (unpaired) electrons. The highest BCUT2D eigenvalue weighted by atomic mass is 32.2. The van der Waals surface area contributed by atoms with E-state index in [1.807, 2.05) is 24.4 Å². The van der Waals surface area contributed by atoms with E-state index in [2.05, 4.69) is 83.4 Å². The lowest BCUT2D eigenvalue weighted by molar-refractivity contribution is 0.485. The van der Waals surface area contributed by atoms with Gasteiger partial charge < -0.3 is 8.82 Å². The van der Waals surface area contributed by atoms with Crippen molar-refractivity contribution in [2.75, 3.05) is 0 Å². The van der Waals surface area contributed by atoms with E-state index >= 15 is 0 Å². The van der Waals surface area contributed by atoms with Crippen molar-refractivity contribution < 1.29 is 4.42 Å². The second-order valence-electron chi connectivity index (χ2n) is 9.24. The number of thioether (sulfide) groups is 1. The summed E-state index contributed by atoms with van der Waals surface area (Å²) in [5.41, 5.74) is 5.60. The van der Waals surface area contributed by atoms with E-state index in [9.17, 15) is 0 Å². The van der Waals surface area contributed by atoms with Crippen LogP contribution in [-0.2, 0) is 17.7 Å². The van der Waals surface area contributed by atoms with Gasteiger partial charge in [0, 0.05) is 23.7 Å². The summed E-state index contributed by atoms with van der Waals surface area (Å²) < 4.78 is 9.82. The minimum Gasteiger partial charge on any atom is -0.467 e. The summed E-state index contributed by atoms with van der Waals surface area (Å²) in [7, 11) is 0. The molecule has 5 rings (SSSR count). The van der Waals surface area contributed by atoms with Crippen LogP contribution in [0.25, 0.3) is 17.0 Å². The van der Waals surface area contributed by atoms with Gasteiger partial charge in [-0.1, -0.05) is 62.9 Å². The van der Waals surface area contributed by atoms with Crippen molar-refractivity contribution >= 4 is 17.4 Å². The monoisotopic (exact) mass is 457 g/mol. The molecule has 7 heteroatoms. The molecule has 6 nitrogen and oxygen atoms in total. The van der Waals surface area contributed by atoms with Crippen molar-refractivity contribution in [1.29, 1.82) is 0 Å². The van der Waals surface area contributed by atoms with Crippen LogP contribution in [0.15, 0.2) is 76.8 Å². The summed E-state index contributed by atoms with van der Waals surface area (Å²) in [4.78, 5) is 4.80. The summed E-state index contributed by atoms with van der Waals surface area (Å²) in [6, 6.07) is 16.6. The van der Waals surface area contributed by atoms with Gasteiger partial charge in [0.05, 0.1) is 18.5 Å². The summed E-state index contributed by atoms with van der Waals surface area (Å²) in [6.07, 6.45) is 5.81. The van der Waals surface area contributed by atoms with E-state index in [4.69, 9.17) is 9.40 Å². The summed E-state index contributed by atoms with van der Waals surface area (Å²) >= 11 is 1.64. The first kappa shape index (κ1) is 21.5. The fourth-order valence-electron chi connectivity index (χ4n) is 3.84. The van der Waals surface area contributed by atoms with Crippen molar-refractivity contribution in [2.24, 2.45) is 0 Å². The van der Waals surface area contributed by atoms with Crippen LogP contribution in [0, 0.1) is 6.92 Å². The van der Waals surface area contributed by atoms with Crippen LogP contribution in [-0.4, -0.2) is 24.1 Å². The van der Waals surface area contributed by atoms with Gasteiger partial charge in [0.25, 0.3) is 0 Å². The number of furan rings is 1. The van der Waals surface area contributed by atoms with Crippen LogP contribution in [0.1, 0.15) is 43.4 Å². The SMILES string of the molecule is Cc1cccn2cc(CSc3nnc(-c4ccc(C(C)(C)C)cc4)n3Cc3ccco3)nc12. The molecule has 4 aromatic heterocycles. The van der Waals surface area contributed by atoms with E-state index in [0.29, 0.717) is 12.3 Å². The fourth-order valence-corrected chi connectivity index (χ4v) is 4.66.